The van der Waals surface area contributed by atoms with Crippen LogP contribution in [-0.4, -0.2) is 22.1 Å². The van der Waals surface area contributed by atoms with E-state index in [-0.39, 0.29) is 5.75 Å². The maximum atomic E-state index is 9.32. The molecule has 0 spiro atoms. The van der Waals surface area contributed by atoms with Gasteiger partial charge in [0.05, 0.1) is 12.1 Å². The summed E-state index contributed by atoms with van der Waals surface area (Å²) < 4.78 is 0. The number of halogens is 1. The maximum Gasteiger partial charge on any atom is 0.144 e. The number of nitrogens with one attached hydrogen (secondary N) is 1. The zero-order valence-corrected chi connectivity index (χ0v) is 8.91. The molecule has 0 fully saturated rings. The second-order valence-electron chi connectivity index (χ2n) is 3.16. The Bertz CT molecular complexity index is 501. The van der Waals surface area contributed by atoms with Gasteiger partial charge in [-0.2, -0.15) is 0 Å². The van der Waals surface area contributed by atoms with E-state index in [0.717, 1.165) is 5.39 Å². The number of rotatable bonds is 2. The summed E-state index contributed by atoms with van der Waals surface area (Å²) in [5.74, 6) is 0.785. The molecule has 15 heavy (non-hydrogen) atoms. The number of nitrogens with zero attached hydrogens (tertiary/aromatic N) is 2. The van der Waals surface area contributed by atoms with Crippen LogP contribution < -0.4 is 5.32 Å². The van der Waals surface area contributed by atoms with Gasteiger partial charge in [-0.1, -0.05) is 11.6 Å². The van der Waals surface area contributed by atoms with Gasteiger partial charge >= 0.3 is 0 Å². The van der Waals surface area contributed by atoms with Crippen LogP contribution >= 0.6 is 11.6 Å². The molecule has 0 amide bonds. The van der Waals surface area contributed by atoms with Gasteiger partial charge in [0.1, 0.15) is 16.7 Å². The summed E-state index contributed by atoms with van der Waals surface area (Å²) in [6, 6.07) is 4.84. The van der Waals surface area contributed by atoms with Gasteiger partial charge < -0.3 is 10.4 Å². The van der Waals surface area contributed by atoms with Crippen LogP contribution in [0.25, 0.3) is 10.9 Å². The van der Waals surface area contributed by atoms with Crippen molar-refractivity contribution in [3.8, 4) is 5.75 Å². The molecule has 2 rings (SSSR count). The van der Waals surface area contributed by atoms with E-state index in [9.17, 15) is 5.11 Å². The topological polar surface area (TPSA) is 58.0 Å². The Balaban J connectivity index is 2.63. The van der Waals surface area contributed by atoms with Gasteiger partial charge in [-0.25, -0.2) is 9.97 Å². The molecule has 0 bridgehead atoms. The molecule has 1 aromatic heterocycles. The van der Waals surface area contributed by atoms with Gasteiger partial charge in [-0.05, 0) is 19.2 Å². The van der Waals surface area contributed by atoms with E-state index < -0.39 is 0 Å². The molecule has 0 aliphatic heterocycles. The standard InChI is InChI=1S/C10H10ClN3O/c1-12-5-9-13-8-4-6(15)2-3-7(8)10(11)14-9/h2-4,12,15H,5H2,1H3. The van der Waals surface area contributed by atoms with Crippen molar-refractivity contribution >= 4 is 22.5 Å². The highest BCUT2D eigenvalue weighted by Crippen LogP contribution is 2.23. The van der Waals surface area contributed by atoms with Gasteiger partial charge in [0, 0.05) is 11.5 Å². The van der Waals surface area contributed by atoms with Gasteiger partial charge in [0.2, 0.25) is 0 Å². The molecule has 78 valence electrons. The predicted molar refractivity (Wildman–Crippen MR) is 59.0 cm³/mol. The van der Waals surface area contributed by atoms with E-state index in [1.807, 2.05) is 7.05 Å². The Morgan fingerprint density at radius 1 is 1.40 bits per heavy atom. The Morgan fingerprint density at radius 2 is 2.20 bits per heavy atom. The molecule has 4 nitrogen and oxygen atoms in total. The largest absolute Gasteiger partial charge is 0.508 e. The van der Waals surface area contributed by atoms with Gasteiger partial charge in [0.25, 0.3) is 0 Å². The molecule has 0 saturated carbocycles. The zero-order chi connectivity index (χ0) is 10.8. The van der Waals surface area contributed by atoms with E-state index in [1.54, 1.807) is 18.2 Å². The van der Waals surface area contributed by atoms with E-state index in [4.69, 9.17) is 11.6 Å². The van der Waals surface area contributed by atoms with Crippen LogP contribution in [0, 0.1) is 0 Å². The molecular weight excluding hydrogens is 214 g/mol. The summed E-state index contributed by atoms with van der Waals surface area (Å²) in [6.45, 7) is 0.547. The molecule has 0 unspecified atom stereocenters. The van der Waals surface area contributed by atoms with Crippen molar-refractivity contribution in [2.45, 2.75) is 6.54 Å². The first-order valence-corrected chi connectivity index (χ1v) is 4.88. The molecular formula is C10H10ClN3O. The molecule has 0 aliphatic rings. The van der Waals surface area contributed by atoms with Crippen LogP contribution in [0.5, 0.6) is 5.75 Å². The van der Waals surface area contributed by atoms with Crippen LogP contribution in [0.4, 0.5) is 0 Å². The van der Waals surface area contributed by atoms with E-state index >= 15 is 0 Å². The highest BCUT2D eigenvalue weighted by atomic mass is 35.5. The van der Waals surface area contributed by atoms with Crippen molar-refractivity contribution in [1.82, 2.24) is 15.3 Å². The average molecular weight is 224 g/mol. The third-order valence-electron chi connectivity index (χ3n) is 2.02. The van der Waals surface area contributed by atoms with Crippen molar-refractivity contribution in [2.24, 2.45) is 0 Å². The number of phenols is 1. The average Bonchev–Trinajstić information content (AvgIpc) is 2.17. The second kappa shape index (κ2) is 4.00. The van der Waals surface area contributed by atoms with Gasteiger partial charge in [-0.3, -0.25) is 0 Å². The molecule has 2 aromatic rings. The first-order valence-electron chi connectivity index (χ1n) is 4.50. The fourth-order valence-electron chi connectivity index (χ4n) is 1.36. The van der Waals surface area contributed by atoms with Crippen molar-refractivity contribution < 1.29 is 5.11 Å². The number of benzene rings is 1. The van der Waals surface area contributed by atoms with Crippen molar-refractivity contribution in [3.63, 3.8) is 0 Å². The first kappa shape index (κ1) is 10.1. The number of aromatic hydroxyl groups is 1. The fourth-order valence-corrected chi connectivity index (χ4v) is 1.62. The lowest BCUT2D eigenvalue weighted by atomic mass is 10.2. The van der Waals surface area contributed by atoms with E-state index in [2.05, 4.69) is 15.3 Å². The summed E-state index contributed by atoms with van der Waals surface area (Å²) in [6.07, 6.45) is 0. The molecule has 0 atom stereocenters. The Kier molecular flexibility index (Phi) is 2.70. The minimum atomic E-state index is 0.174. The third kappa shape index (κ3) is 2.00. The predicted octanol–water partition coefficient (Wildman–Crippen LogP) is 1.71. The summed E-state index contributed by atoms with van der Waals surface area (Å²) >= 11 is 5.99. The molecule has 0 radical (unpaired) electrons. The Hall–Kier alpha value is -1.39. The molecule has 1 heterocycles. The maximum absolute atomic E-state index is 9.32. The third-order valence-corrected chi connectivity index (χ3v) is 2.30. The normalized spacial score (nSPS) is 10.8. The number of aromatic nitrogens is 2. The quantitative estimate of drug-likeness (QED) is 0.761. The smallest absolute Gasteiger partial charge is 0.144 e. The molecule has 2 N–H and O–H groups in total. The van der Waals surface area contributed by atoms with Crippen molar-refractivity contribution in [3.05, 3.63) is 29.2 Å². The van der Waals surface area contributed by atoms with E-state index in [0.29, 0.717) is 23.0 Å². The molecule has 0 saturated heterocycles. The van der Waals surface area contributed by atoms with Gasteiger partial charge in [-0.15, -0.1) is 0 Å². The number of phenolic OH excluding ortho intramolecular Hbond substituents is 1. The number of hydrogen-bond acceptors (Lipinski definition) is 4. The number of fused-ring (bicyclic) bond motifs is 1. The Morgan fingerprint density at radius 3 is 2.93 bits per heavy atom. The van der Waals surface area contributed by atoms with Crippen LogP contribution in [0.3, 0.4) is 0 Å². The highest BCUT2D eigenvalue weighted by Gasteiger charge is 2.05. The second-order valence-corrected chi connectivity index (χ2v) is 3.52. The summed E-state index contributed by atoms with van der Waals surface area (Å²) in [5.41, 5.74) is 0.653. The zero-order valence-electron chi connectivity index (χ0n) is 8.16. The van der Waals surface area contributed by atoms with Crippen molar-refractivity contribution in [1.29, 1.82) is 0 Å². The molecule has 5 heteroatoms. The van der Waals surface area contributed by atoms with E-state index in [1.165, 1.54) is 0 Å². The Labute approximate surface area is 91.9 Å². The fraction of sp³-hybridized carbons (Fsp3) is 0.200. The van der Waals surface area contributed by atoms with Crippen LogP contribution in [0.2, 0.25) is 5.15 Å². The van der Waals surface area contributed by atoms with Gasteiger partial charge in [0.15, 0.2) is 0 Å². The lowest BCUT2D eigenvalue weighted by Crippen LogP contribution is -2.09. The summed E-state index contributed by atoms with van der Waals surface area (Å²) in [5, 5.41) is 13.4. The minimum absolute atomic E-state index is 0.174. The minimum Gasteiger partial charge on any atom is -0.508 e. The van der Waals surface area contributed by atoms with Crippen molar-refractivity contribution in [2.75, 3.05) is 7.05 Å². The van der Waals surface area contributed by atoms with Crippen LogP contribution in [-0.2, 0) is 6.54 Å². The van der Waals surface area contributed by atoms with Crippen LogP contribution in [0.15, 0.2) is 18.2 Å². The molecule has 1 aromatic carbocycles. The van der Waals surface area contributed by atoms with Crippen LogP contribution in [0.1, 0.15) is 5.82 Å². The molecule has 0 aliphatic carbocycles. The lowest BCUT2D eigenvalue weighted by molar-refractivity contribution is 0.476. The summed E-state index contributed by atoms with van der Waals surface area (Å²) in [4.78, 5) is 8.40. The number of hydrogen-bond donors (Lipinski definition) is 2. The SMILES string of the molecule is CNCc1nc(Cl)c2ccc(O)cc2n1. The summed E-state index contributed by atoms with van der Waals surface area (Å²) in [7, 11) is 1.81. The lowest BCUT2D eigenvalue weighted by Gasteiger charge is -2.04. The highest BCUT2D eigenvalue weighted by molar-refractivity contribution is 6.34. The monoisotopic (exact) mass is 223 g/mol. The first-order chi connectivity index (χ1) is 7.20.